The molecule has 0 aromatic carbocycles. The van der Waals surface area contributed by atoms with Crippen molar-refractivity contribution in [2.45, 2.75) is 44.7 Å². The van der Waals surface area contributed by atoms with Gasteiger partial charge in [0.2, 0.25) is 0 Å². The maximum Gasteiger partial charge on any atom is 0.0477 e. The first kappa shape index (κ1) is 12.9. The lowest BCUT2D eigenvalue weighted by molar-refractivity contribution is 0.121. The topological polar surface area (TPSA) is 24.5 Å². The van der Waals surface area contributed by atoms with Gasteiger partial charge in [-0.2, -0.15) is 0 Å². The van der Waals surface area contributed by atoms with E-state index in [9.17, 15) is 0 Å². The largest absolute Gasteiger partial charge is 0.385 e. The van der Waals surface area contributed by atoms with Gasteiger partial charge in [0, 0.05) is 25.8 Å². The third-order valence-corrected chi connectivity index (χ3v) is 3.56. The van der Waals surface area contributed by atoms with E-state index in [1.165, 1.54) is 32.4 Å². The first-order valence-corrected chi connectivity index (χ1v) is 6.17. The van der Waals surface area contributed by atoms with E-state index in [0.29, 0.717) is 6.04 Å². The van der Waals surface area contributed by atoms with Gasteiger partial charge < -0.3 is 15.0 Å². The maximum absolute atomic E-state index is 5.14. The number of hydrogen-bond donors (Lipinski definition) is 1. The van der Waals surface area contributed by atoms with Gasteiger partial charge in [0.15, 0.2) is 0 Å². The van der Waals surface area contributed by atoms with E-state index < -0.39 is 0 Å². The highest BCUT2D eigenvalue weighted by molar-refractivity contribution is 4.77. The second-order valence-electron chi connectivity index (χ2n) is 4.63. The number of methoxy groups -OCH3 is 1. The molecule has 90 valence electrons. The highest BCUT2D eigenvalue weighted by Crippen LogP contribution is 2.15. The van der Waals surface area contributed by atoms with Crippen LogP contribution in [0.3, 0.4) is 0 Å². The van der Waals surface area contributed by atoms with Crippen LogP contribution in [0.4, 0.5) is 0 Å². The number of ether oxygens (including phenoxy) is 1. The molecule has 0 saturated carbocycles. The van der Waals surface area contributed by atoms with Gasteiger partial charge in [-0.25, -0.2) is 0 Å². The zero-order valence-electron chi connectivity index (χ0n) is 10.5. The molecule has 1 fully saturated rings. The van der Waals surface area contributed by atoms with Crippen molar-refractivity contribution in [3.8, 4) is 0 Å². The Bertz CT molecular complexity index is 156. The average molecular weight is 214 g/mol. The number of hydrogen-bond acceptors (Lipinski definition) is 3. The average Bonchev–Trinajstić information content (AvgIpc) is 2.53. The Kier molecular flexibility index (Phi) is 6.22. The third-order valence-electron chi connectivity index (χ3n) is 3.56. The van der Waals surface area contributed by atoms with Crippen molar-refractivity contribution < 1.29 is 4.74 Å². The van der Waals surface area contributed by atoms with Gasteiger partial charge >= 0.3 is 0 Å². The van der Waals surface area contributed by atoms with Gasteiger partial charge in [0.05, 0.1) is 0 Å². The van der Waals surface area contributed by atoms with E-state index in [1.54, 1.807) is 7.11 Å². The molecule has 2 atom stereocenters. The Labute approximate surface area is 94.2 Å². The van der Waals surface area contributed by atoms with Crippen LogP contribution in [0.15, 0.2) is 0 Å². The quantitative estimate of drug-likeness (QED) is 0.750. The predicted octanol–water partition coefficient (Wildman–Crippen LogP) is 1.49. The van der Waals surface area contributed by atoms with E-state index in [-0.39, 0.29) is 0 Å². The normalized spacial score (nSPS) is 25.2. The van der Waals surface area contributed by atoms with Crippen molar-refractivity contribution in [2.75, 3.05) is 33.9 Å². The molecule has 0 spiro atoms. The second-order valence-corrected chi connectivity index (χ2v) is 4.63. The summed E-state index contributed by atoms with van der Waals surface area (Å²) in [6.07, 6.45) is 5.07. The van der Waals surface area contributed by atoms with Gasteiger partial charge in [-0.1, -0.05) is 0 Å². The Balaban J connectivity index is 2.32. The molecule has 2 unspecified atom stereocenters. The van der Waals surface area contributed by atoms with E-state index in [0.717, 1.165) is 19.1 Å². The Morgan fingerprint density at radius 1 is 1.40 bits per heavy atom. The van der Waals surface area contributed by atoms with E-state index >= 15 is 0 Å². The summed E-state index contributed by atoms with van der Waals surface area (Å²) in [4.78, 5) is 2.53. The van der Waals surface area contributed by atoms with Crippen LogP contribution in [0.1, 0.15) is 32.6 Å². The molecule has 1 saturated heterocycles. The fourth-order valence-electron chi connectivity index (χ4n) is 2.26. The highest BCUT2D eigenvalue weighted by Gasteiger charge is 2.20. The van der Waals surface area contributed by atoms with Crippen molar-refractivity contribution in [2.24, 2.45) is 0 Å². The summed E-state index contributed by atoms with van der Waals surface area (Å²) in [5.74, 6) is 0. The molecule has 1 aliphatic rings. The van der Waals surface area contributed by atoms with Gasteiger partial charge in [-0.15, -0.1) is 0 Å². The van der Waals surface area contributed by atoms with E-state index in [1.807, 2.05) is 0 Å². The first-order chi connectivity index (χ1) is 7.25. The number of nitrogens with zero attached hydrogens (tertiary/aromatic N) is 1. The lowest BCUT2D eigenvalue weighted by Gasteiger charge is -2.32. The van der Waals surface area contributed by atoms with Gasteiger partial charge in [0.1, 0.15) is 0 Å². The zero-order valence-corrected chi connectivity index (χ0v) is 10.5. The number of nitrogens with one attached hydrogen (secondary N) is 1. The first-order valence-electron chi connectivity index (χ1n) is 6.17. The van der Waals surface area contributed by atoms with Crippen LogP contribution in [-0.4, -0.2) is 50.8 Å². The van der Waals surface area contributed by atoms with E-state index in [2.05, 4.69) is 24.2 Å². The molecule has 3 heteroatoms. The van der Waals surface area contributed by atoms with E-state index in [4.69, 9.17) is 4.74 Å². The van der Waals surface area contributed by atoms with Crippen LogP contribution >= 0.6 is 0 Å². The molecule has 0 aromatic rings. The van der Waals surface area contributed by atoms with Crippen molar-refractivity contribution >= 4 is 0 Å². The summed E-state index contributed by atoms with van der Waals surface area (Å²) in [6.45, 7) is 5.54. The minimum absolute atomic E-state index is 0.632. The van der Waals surface area contributed by atoms with Crippen molar-refractivity contribution in [1.82, 2.24) is 10.2 Å². The van der Waals surface area contributed by atoms with Crippen LogP contribution in [0.2, 0.25) is 0 Å². The third kappa shape index (κ3) is 4.49. The van der Waals surface area contributed by atoms with Crippen LogP contribution < -0.4 is 5.32 Å². The molecule has 3 nitrogen and oxygen atoms in total. The standard InChI is InChI=1S/C12H26N2O/c1-11(7-10-15-3)14(2)12-5-4-8-13-9-6-12/h11-13H,4-10H2,1-3H3. The van der Waals surface area contributed by atoms with Crippen molar-refractivity contribution in [1.29, 1.82) is 0 Å². The summed E-state index contributed by atoms with van der Waals surface area (Å²) in [5, 5.41) is 3.46. The SMILES string of the molecule is COCCC(C)N(C)C1CCCNCC1. The van der Waals surface area contributed by atoms with Gasteiger partial charge in [0.25, 0.3) is 0 Å². The molecule has 0 bridgehead atoms. The second kappa shape index (κ2) is 7.20. The molecule has 1 aliphatic heterocycles. The van der Waals surface area contributed by atoms with Crippen LogP contribution in [0, 0.1) is 0 Å². The molecule has 0 amide bonds. The van der Waals surface area contributed by atoms with Crippen LogP contribution in [0.25, 0.3) is 0 Å². The van der Waals surface area contributed by atoms with Gasteiger partial charge in [-0.3, -0.25) is 0 Å². The monoisotopic (exact) mass is 214 g/mol. The lowest BCUT2D eigenvalue weighted by atomic mass is 10.1. The summed E-state index contributed by atoms with van der Waals surface area (Å²) < 4.78 is 5.14. The highest BCUT2D eigenvalue weighted by atomic mass is 16.5. The molecule has 15 heavy (non-hydrogen) atoms. The summed E-state index contributed by atoms with van der Waals surface area (Å²) in [5.41, 5.74) is 0. The summed E-state index contributed by atoms with van der Waals surface area (Å²) in [6, 6.07) is 1.39. The summed E-state index contributed by atoms with van der Waals surface area (Å²) >= 11 is 0. The van der Waals surface area contributed by atoms with Crippen molar-refractivity contribution in [3.05, 3.63) is 0 Å². The lowest BCUT2D eigenvalue weighted by Crippen LogP contribution is -2.39. The fourth-order valence-corrected chi connectivity index (χ4v) is 2.26. The zero-order chi connectivity index (χ0) is 11.1. The van der Waals surface area contributed by atoms with Crippen LogP contribution in [0.5, 0.6) is 0 Å². The fraction of sp³-hybridized carbons (Fsp3) is 1.00. The Morgan fingerprint density at radius 2 is 2.20 bits per heavy atom. The maximum atomic E-state index is 5.14. The number of rotatable bonds is 5. The molecule has 0 radical (unpaired) electrons. The molecule has 1 N–H and O–H groups in total. The predicted molar refractivity (Wildman–Crippen MR) is 64.2 cm³/mol. The minimum atomic E-state index is 0.632. The molecular formula is C12H26N2O. The molecule has 0 aromatic heterocycles. The molecule has 1 rings (SSSR count). The van der Waals surface area contributed by atoms with Gasteiger partial charge in [-0.05, 0) is 52.7 Å². The van der Waals surface area contributed by atoms with Crippen molar-refractivity contribution in [3.63, 3.8) is 0 Å². The van der Waals surface area contributed by atoms with Crippen LogP contribution in [-0.2, 0) is 4.74 Å². The molecular weight excluding hydrogens is 188 g/mol. The summed E-state index contributed by atoms with van der Waals surface area (Å²) in [7, 11) is 4.04. The minimum Gasteiger partial charge on any atom is -0.385 e. The Hall–Kier alpha value is -0.120. The molecule has 0 aliphatic carbocycles. The smallest absolute Gasteiger partial charge is 0.0477 e. The molecule has 1 heterocycles. The Morgan fingerprint density at radius 3 is 2.93 bits per heavy atom.